The zero-order chi connectivity index (χ0) is 15.4. The molecule has 0 aliphatic carbocycles. The maximum atomic E-state index is 2.37. The Kier molecular flexibility index (Phi) is 19.0. The third-order valence-corrected chi connectivity index (χ3v) is 4.05. The minimum absolute atomic E-state index is 1.13. The van der Waals surface area contributed by atoms with E-state index in [0.29, 0.717) is 0 Å². The van der Waals surface area contributed by atoms with Crippen LogP contribution < -0.4 is 0 Å². The van der Waals surface area contributed by atoms with Crippen molar-refractivity contribution in [2.45, 2.75) is 110 Å². The van der Waals surface area contributed by atoms with E-state index in [0.717, 1.165) is 6.42 Å². The predicted octanol–water partition coefficient (Wildman–Crippen LogP) is 7.99. The van der Waals surface area contributed by atoms with Crippen LogP contribution in [0.4, 0.5) is 0 Å². The second-order valence-electron chi connectivity index (χ2n) is 6.29. The largest absolute Gasteiger partial charge is 0.0882 e. The van der Waals surface area contributed by atoms with Crippen LogP contribution in [0.3, 0.4) is 0 Å². The standard InChI is InChI=1S/C21H40/c1-3-5-7-9-11-13-15-17-19-21-20-18-16-14-12-10-8-6-4-2/h17-20H,3-16,21H2,1-2H3/b19-17+,20-18+. The van der Waals surface area contributed by atoms with Crippen molar-refractivity contribution in [3.05, 3.63) is 24.3 Å². The van der Waals surface area contributed by atoms with E-state index < -0.39 is 0 Å². The van der Waals surface area contributed by atoms with E-state index in [1.165, 1.54) is 89.9 Å². The quantitative estimate of drug-likeness (QED) is 0.200. The van der Waals surface area contributed by atoms with Gasteiger partial charge in [-0.1, -0.05) is 102 Å². The summed E-state index contributed by atoms with van der Waals surface area (Å²) >= 11 is 0. The van der Waals surface area contributed by atoms with Crippen LogP contribution >= 0.6 is 0 Å². The Labute approximate surface area is 135 Å². The highest BCUT2D eigenvalue weighted by atomic mass is 13.9. The Bertz CT molecular complexity index is 200. The van der Waals surface area contributed by atoms with Gasteiger partial charge in [-0.05, 0) is 32.1 Å². The van der Waals surface area contributed by atoms with Crippen LogP contribution in [0, 0.1) is 0 Å². The Hall–Kier alpha value is -0.520. The van der Waals surface area contributed by atoms with Crippen molar-refractivity contribution in [2.24, 2.45) is 0 Å². The highest BCUT2D eigenvalue weighted by Crippen LogP contribution is 2.08. The SMILES string of the molecule is CCCCCCCC/C=C/C/C=C/CCCCCCCC. The third kappa shape index (κ3) is 19.5. The summed E-state index contributed by atoms with van der Waals surface area (Å²) < 4.78 is 0. The lowest BCUT2D eigenvalue weighted by molar-refractivity contribution is 0.611. The highest BCUT2D eigenvalue weighted by Gasteiger charge is 1.88. The molecule has 0 rings (SSSR count). The van der Waals surface area contributed by atoms with Crippen LogP contribution in [-0.4, -0.2) is 0 Å². The van der Waals surface area contributed by atoms with E-state index in [2.05, 4.69) is 38.2 Å². The first kappa shape index (κ1) is 20.5. The molecule has 0 spiro atoms. The molecular weight excluding hydrogens is 252 g/mol. The maximum Gasteiger partial charge on any atom is -0.0169 e. The van der Waals surface area contributed by atoms with Gasteiger partial charge in [-0.25, -0.2) is 0 Å². The van der Waals surface area contributed by atoms with Gasteiger partial charge in [0.15, 0.2) is 0 Å². The fraction of sp³-hybridized carbons (Fsp3) is 0.810. The smallest absolute Gasteiger partial charge is 0.0169 e. The van der Waals surface area contributed by atoms with Crippen molar-refractivity contribution < 1.29 is 0 Å². The first-order valence-corrected chi connectivity index (χ1v) is 9.71. The Balaban J connectivity index is 3.14. The zero-order valence-electron chi connectivity index (χ0n) is 14.9. The van der Waals surface area contributed by atoms with Gasteiger partial charge in [0.25, 0.3) is 0 Å². The molecule has 0 N–H and O–H groups in total. The van der Waals surface area contributed by atoms with Crippen LogP contribution in [0.1, 0.15) is 110 Å². The Morgan fingerprint density at radius 3 is 1.24 bits per heavy atom. The van der Waals surface area contributed by atoms with E-state index in [1.807, 2.05) is 0 Å². The molecule has 0 unspecified atom stereocenters. The second-order valence-corrected chi connectivity index (χ2v) is 6.29. The molecular formula is C21H40. The molecule has 0 fully saturated rings. The van der Waals surface area contributed by atoms with Crippen molar-refractivity contribution in [3.8, 4) is 0 Å². The fourth-order valence-electron chi connectivity index (χ4n) is 2.59. The summed E-state index contributed by atoms with van der Waals surface area (Å²) in [6, 6.07) is 0. The van der Waals surface area contributed by atoms with Crippen molar-refractivity contribution >= 4 is 0 Å². The molecule has 0 amide bonds. The molecule has 21 heavy (non-hydrogen) atoms. The summed E-state index contributed by atoms with van der Waals surface area (Å²) in [5, 5.41) is 0. The fourth-order valence-corrected chi connectivity index (χ4v) is 2.59. The monoisotopic (exact) mass is 292 g/mol. The minimum Gasteiger partial charge on any atom is -0.0882 e. The van der Waals surface area contributed by atoms with Crippen LogP contribution in [0.15, 0.2) is 24.3 Å². The molecule has 0 nitrogen and oxygen atoms in total. The molecule has 0 aliphatic heterocycles. The van der Waals surface area contributed by atoms with Crippen molar-refractivity contribution in [3.63, 3.8) is 0 Å². The Morgan fingerprint density at radius 2 is 0.810 bits per heavy atom. The number of allylic oxidation sites excluding steroid dienone is 4. The van der Waals surface area contributed by atoms with Crippen LogP contribution in [-0.2, 0) is 0 Å². The summed E-state index contributed by atoms with van der Waals surface area (Å²) in [6.45, 7) is 4.56. The lowest BCUT2D eigenvalue weighted by atomic mass is 10.1. The molecule has 0 aliphatic rings. The van der Waals surface area contributed by atoms with E-state index in [9.17, 15) is 0 Å². The van der Waals surface area contributed by atoms with Crippen LogP contribution in [0.2, 0.25) is 0 Å². The van der Waals surface area contributed by atoms with Gasteiger partial charge in [-0.3, -0.25) is 0 Å². The van der Waals surface area contributed by atoms with Gasteiger partial charge in [0.2, 0.25) is 0 Å². The molecule has 0 aromatic rings. The molecule has 0 saturated heterocycles. The van der Waals surface area contributed by atoms with Gasteiger partial charge in [0, 0.05) is 0 Å². The van der Waals surface area contributed by atoms with Gasteiger partial charge in [0.1, 0.15) is 0 Å². The number of hydrogen-bond donors (Lipinski definition) is 0. The molecule has 0 saturated carbocycles. The topological polar surface area (TPSA) is 0 Å². The average molecular weight is 293 g/mol. The lowest BCUT2D eigenvalue weighted by Crippen LogP contribution is -1.78. The molecule has 0 radical (unpaired) electrons. The summed E-state index contributed by atoms with van der Waals surface area (Å²) in [5.41, 5.74) is 0. The second kappa shape index (κ2) is 19.5. The normalized spacial score (nSPS) is 11.9. The van der Waals surface area contributed by atoms with Gasteiger partial charge in [0.05, 0.1) is 0 Å². The van der Waals surface area contributed by atoms with E-state index in [-0.39, 0.29) is 0 Å². The molecule has 124 valence electrons. The summed E-state index contributed by atoms with van der Waals surface area (Å²) in [7, 11) is 0. The van der Waals surface area contributed by atoms with Crippen molar-refractivity contribution in [1.82, 2.24) is 0 Å². The Morgan fingerprint density at radius 1 is 0.429 bits per heavy atom. The summed E-state index contributed by atoms with van der Waals surface area (Å²) in [5.74, 6) is 0. The van der Waals surface area contributed by atoms with Crippen LogP contribution in [0.25, 0.3) is 0 Å². The lowest BCUT2D eigenvalue weighted by Gasteiger charge is -1.97. The van der Waals surface area contributed by atoms with Crippen LogP contribution in [0.5, 0.6) is 0 Å². The number of rotatable bonds is 16. The number of unbranched alkanes of at least 4 members (excludes halogenated alkanes) is 12. The molecule has 0 atom stereocenters. The molecule has 0 heterocycles. The highest BCUT2D eigenvalue weighted by molar-refractivity contribution is 4.92. The summed E-state index contributed by atoms with van der Waals surface area (Å²) in [6.07, 6.45) is 29.9. The first-order valence-electron chi connectivity index (χ1n) is 9.71. The molecule has 0 aromatic carbocycles. The third-order valence-electron chi connectivity index (χ3n) is 4.05. The minimum atomic E-state index is 1.13. The molecule has 0 heteroatoms. The van der Waals surface area contributed by atoms with Gasteiger partial charge in [-0.15, -0.1) is 0 Å². The van der Waals surface area contributed by atoms with Crippen molar-refractivity contribution in [2.75, 3.05) is 0 Å². The predicted molar refractivity (Wildman–Crippen MR) is 98.9 cm³/mol. The van der Waals surface area contributed by atoms with Crippen molar-refractivity contribution in [1.29, 1.82) is 0 Å². The van der Waals surface area contributed by atoms with E-state index in [1.54, 1.807) is 0 Å². The first-order chi connectivity index (χ1) is 10.4. The maximum absolute atomic E-state index is 2.37. The number of hydrogen-bond acceptors (Lipinski definition) is 0. The van der Waals surface area contributed by atoms with Gasteiger partial charge >= 0.3 is 0 Å². The van der Waals surface area contributed by atoms with E-state index >= 15 is 0 Å². The zero-order valence-corrected chi connectivity index (χ0v) is 14.9. The molecule has 0 bridgehead atoms. The molecule has 0 aromatic heterocycles. The summed E-state index contributed by atoms with van der Waals surface area (Å²) in [4.78, 5) is 0. The van der Waals surface area contributed by atoms with Gasteiger partial charge in [-0.2, -0.15) is 0 Å². The average Bonchev–Trinajstić information content (AvgIpc) is 2.50. The van der Waals surface area contributed by atoms with E-state index in [4.69, 9.17) is 0 Å². The van der Waals surface area contributed by atoms with Gasteiger partial charge < -0.3 is 0 Å².